The normalized spacial score (nSPS) is 15.8. The van der Waals surface area contributed by atoms with Gasteiger partial charge in [0.2, 0.25) is 0 Å². The first-order chi connectivity index (χ1) is 8.22. The van der Waals surface area contributed by atoms with Gasteiger partial charge in [0.25, 0.3) is 0 Å². The minimum atomic E-state index is 0.992. The largest absolute Gasteiger partial charge is 0.253 e. The van der Waals surface area contributed by atoms with Gasteiger partial charge in [0.15, 0.2) is 0 Å². The maximum atomic E-state index is 4.63. The summed E-state index contributed by atoms with van der Waals surface area (Å²) in [6.07, 6.45) is 8.81. The van der Waals surface area contributed by atoms with Gasteiger partial charge in [0, 0.05) is 5.69 Å². The molecular formula is C16H19N. The monoisotopic (exact) mass is 225 g/mol. The molecule has 1 aromatic heterocycles. The molecule has 0 radical (unpaired) electrons. The zero-order chi connectivity index (χ0) is 12.3. The molecule has 1 nitrogen and oxygen atoms in total. The molecule has 0 aromatic carbocycles. The third kappa shape index (κ3) is 2.55. The number of hydrogen-bond acceptors (Lipinski definition) is 1. The molecule has 0 saturated carbocycles. The predicted octanol–water partition coefficient (Wildman–Crippen LogP) is 4.46. The van der Waals surface area contributed by atoms with E-state index in [4.69, 9.17) is 0 Å². The van der Waals surface area contributed by atoms with Crippen molar-refractivity contribution in [3.8, 4) is 0 Å². The molecule has 0 spiro atoms. The standard InChI is InChI=1S/C16H19N/c1-4-14-9-5-6-10-15(13(14)3)16-11-7-8-12(2)17-16/h5,7-11H,4,6H2,1-3H3. The zero-order valence-electron chi connectivity index (χ0n) is 10.8. The van der Waals surface area contributed by atoms with Crippen molar-refractivity contribution >= 4 is 5.57 Å². The summed E-state index contributed by atoms with van der Waals surface area (Å²) in [5.74, 6) is 0. The molecule has 1 aliphatic carbocycles. The number of pyridine rings is 1. The smallest absolute Gasteiger partial charge is 0.0704 e. The average molecular weight is 225 g/mol. The number of hydrogen-bond donors (Lipinski definition) is 0. The van der Waals surface area contributed by atoms with Crippen molar-refractivity contribution in [2.75, 3.05) is 0 Å². The predicted molar refractivity (Wildman–Crippen MR) is 73.7 cm³/mol. The van der Waals surface area contributed by atoms with Gasteiger partial charge in [-0.3, -0.25) is 4.98 Å². The fourth-order valence-corrected chi connectivity index (χ4v) is 2.22. The van der Waals surface area contributed by atoms with E-state index in [1.165, 1.54) is 16.7 Å². The van der Waals surface area contributed by atoms with E-state index in [1.54, 1.807) is 0 Å². The fraction of sp³-hybridized carbons (Fsp3) is 0.312. The molecule has 17 heavy (non-hydrogen) atoms. The highest BCUT2D eigenvalue weighted by Crippen LogP contribution is 2.28. The van der Waals surface area contributed by atoms with Gasteiger partial charge < -0.3 is 0 Å². The first-order valence-corrected chi connectivity index (χ1v) is 6.23. The van der Waals surface area contributed by atoms with Gasteiger partial charge in [-0.25, -0.2) is 0 Å². The van der Waals surface area contributed by atoms with Crippen LogP contribution < -0.4 is 0 Å². The molecule has 88 valence electrons. The van der Waals surface area contributed by atoms with Gasteiger partial charge in [-0.15, -0.1) is 0 Å². The molecule has 1 aromatic rings. The summed E-state index contributed by atoms with van der Waals surface area (Å²) in [4.78, 5) is 4.63. The van der Waals surface area contributed by atoms with Crippen LogP contribution in [-0.4, -0.2) is 4.98 Å². The van der Waals surface area contributed by atoms with Gasteiger partial charge in [-0.2, -0.15) is 0 Å². The molecule has 1 heteroatoms. The van der Waals surface area contributed by atoms with Crippen molar-refractivity contribution in [3.05, 3.63) is 59.0 Å². The number of aryl methyl sites for hydroxylation is 1. The van der Waals surface area contributed by atoms with E-state index >= 15 is 0 Å². The van der Waals surface area contributed by atoms with Gasteiger partial charge in [0.1, 0.15) is 0 Å². The Morgan fingerprint density at radius 1 is 1.24 bits per heavy atom. The third-order valence-electron chi connectivity index (χ3n) is 3.21. The molecular weight excluding hydrogens is 206 g/mol. The van der Waals surface area contributed by atoms with Crippen LogP contribution >= 0.6 is 0 Å². The van der Waals surface area contributed by atoms with Gasteiger partial charge in [-0.05, 0) is 55.5 Å². The first-order valence-electron chi connectivity index (χ1n) is 6.23. The molecule has 2 rings (SSSR count). The summed E-state index contributed by atoms with van der Waals surface area (Å²) in [6, 6.07) is 6.22. The highest BCUT2D eigenvalue weighted by molar-refractivity contribution is 5.78. The van der Waals surface area contributed by atoms with E-state index in [-0.39, 0.29) is 0 Å². The minimum Gasteiger partial charge on any atom is -0.253 e. The van der Waals surface area contributed by atoms with E-state index < -0.39 is 0 Å². The molecule has 0 atom stereocenters. The molecule has 1 aliphatic rings. The van der Waals surface area contributed by atoms with E-state index in [1.807, 2.05) is 13.0 Å². The zero-order valence-corrected chi connectivity index (χ0v) is 10.8. The highest BCUT2D eigenvalue weighted by Gasteiger charge is 2.10. The van der Waals surface area contributed by atoms with Crippen LogP contribution in [0.15, 0.2) is 47.6 Å². The van der Waals surface area contributed by atoms with Crippen LogP contribution in [-0.2, 0) is 0 Å². The molecule has 0 unspecified atom stereocenters. The Bertz CT molecular complexity index is 504. The second-order valence-electron chi connectivity index (χ2n) is 4.42. The number of nitrogens with zero attached hydrogens (tertiary/aromatic N) is 1. The minimum absolute atomic E-state index is 0.992. The Balaban J connectivity index is 2.48. The maximum Gasteiger partial charge on any atom is 0.0704 e. The van der Waals surface area contributed by atoms with E-state index in [0.717, 1.165) is 24.2 Å². The number of rotatable bonds is 2. The molecule has 0 fully saturated rings. The number of aromatic nitrogens is 1. The van der Waals surface area contributed by atoms with Crippen molar-refractivity contribution in [1.82, 2.24) is 4.98 Å². The lowest BCUT2D eigenvalue weighted by Gasteiger charge is -2.10. The molecule has 0 N–H and O–H groups in total. The Hall–Kier alpha value is -1.63. The van der Waals surface area contributed by atoms with Crippen molar-refractivity contribution in [1.29, 1.82) is 0 Å². The molecule has 0 bridgehead atoms. The summed E-state index contributed by atoms with van der Waals surface area (Å²) in [7, 11) is 0. The van der Waals surface area contributed by atoms with Crippen LogP contribution in [0.25, 0.3) is 5.57 Å². The summed E-state index contributed by atoms with van der Waals surface area (Å²) in [6.45, 7) is 6.44. The highest BCUT2D eigenvalue weighted by atomic mass is 14.7. The van der Waals surface area contributed by atoms with Gasteiger partial charge >= 0.3 is 0 Å². The summed E-state index contributed by atoms with van der Waals surface area (Å²) >= 11 is 0. The van der Waals surface area contributed by atoms with Crippen LogP contribution in [0.3, 0.4) is 0 Å². The average Bonchev–Trinajstić information content (AvgIpc) is 2.51. The fourth-order valence-electron chi connectivity index (χ4n) is 2.22. The van der Waals surface area contributed by atoms with E-state index in [2.05, 4.69) is 49.2 Å². The SMILES string of the molecule is CCC1=C(C)C(c2cccc(C)n2)=CCC=C1. The maximum absolute atomic E-state index is 4.63. The lowest BCUT2D eigenvalue weighted by atomic mass is 9.97. The molecule has 0 amide bonds. The van der Waals surface area contributed by atoms with E-state index in [0.29, 0.717) is 0 Å². The molecule has 0 aliphatic heterocycles. The summed E-state index contributed by atoms with van der Waals surface area (Å²) in [5, 5.41) is 0. The van der Waals surface area contributed by atoms with Crippen LogP contribution in [0, 0.1) is 6.92 Å². The number of allylic oxidation sites excluding steroid dienone is 6. The van der Waals surface area contributed by atoms with Crippen molar-refractivity contribution in [3.63, 3.8) is 0 Å². The van der Waals surface area contributed by atoms with Crippen molar-refractivity contribution in [2.24, 2.45) is 0 Å². The lowest BCUT2D eigenvalue weighted by molar-refractivity contribution is 1.11. The third-order valence-corrected chi connectivity index (χ3v) is 3.21. The first kappa shape index (κ1) is 11.8. The quantitative estimate of drug-likeness (QED) is 0.724. The second kappa shape index (κ2) is 5.13. The molecule has 1 heterocycles. The van der Waals surface area contributed by atoms with Crippen LogP contribution in [0.1, 0.15) is 38.1 Å². The van der Waals surface area contributed by atoms with Crippen LogP contribution in [0.2, 0.25) is 0 Å². The van der Waals surface area contributed by atoms with Gasteiger partial charge in [-0.1, -0.05) is 31.2 Å². The Morgan fingerprint density at radius 3 is 2.76 bits per heavy atom. The van der Waals surface area contributed by atoms with Crippen LogP contribution in [0.4, 0.5) is 0 Å². The Morgan fingerprint density at radius 2 is 2.06 bits per heavy atom. The summed E-state index contributed by atoms with van der Waals surface area (Å²) in [5.41, 5.74) is 6.23. The second-order valence-corrected chi connectivity index (χ2v) is 4.42. The lowest BCUT2D eigenvalue weighted by Crippen LogP contribution is -1.94. The van der Waals surface area contributed by atoms with Gasteiger partial charge in [0.05, 0.1) is 5.69 Å². The van der Waals surface area contributed by atoms with E-state index in [9.17, 15) is 0 Å². The van der Waals surface area contributed by atoms with Crippen molar-refractivity contribution < 1.29 is 0 Å². The topological polar surface area (TPSA) is 12.9 Å². The van der Waals surface area contributed by atoms with Crippen molar-refractivity contribution in [2.45, 2.75) is 33.6 Å². The Labute approximate surface area is 104 Å². The molecule has 0 saturated heterocycles. The van der Waals surface area contributed by atoms with Crippen LogP contribution in [0.5, 0.6) is 0 Å². The Kier molecular flexibility index (Phi) is 3.58. The summed E-state index contributed by atoms with van der Waals surface area (Å²) < 4.78 is 0.